The summed E-state index contributed by atoms with van der Waals surface area (Å²) in [7, 11) is 1.57. The van der Waals surface area contributed by atoms with E-state index in [0.717, 1.165) is 43.2 Å². The number of aromatic nitrogens is 4. The molecule has 0 saturated heterocycles. The lowest BCUT2D eigenvalue weighted by molar-refractivity contribution is -0.127. The third kappa shape index (κ3) is 6.71. The van der Waals surface area contributed by atoms with E-state index in [2.05, 4.69) is 20.7 Å². The summed E-state index contributed by atoms with van der Waals surface area (Å²) in [5.74, 6) is 0.394. The Bertz CT molecular complexity index is 1460. The summed E-state index contributed by atoms with van der Waals surface area (Å²) >= 11 is 0. The molecule has 1 heterocycles. The van der Waals surface area contributed by atoms with Crippen LogP contribution in [0.5, 0.6) is 11.5 Å². The van der Waals surface area contributed by atoms with Gasteiger partial charge in [-0.05, 0) is 66.9 Å². The Morgan fingerprint density at radius 1 is 1.00 bits per heavy atom. The van der Waals surface area contributed by atoms with Gasteiger partial charge < -0.3 is 15.2 Å². The van der Waals surface area contributed by atoms with E-state index in [1.54, 1.807) is 43.5 Å². The number of hydrogen-bond acceptors (Lipinski definition) is 7. The van der Waals surface area contributed by atoms with Crippen LogP contribution in [0.15, 0.2) is 72.8 Å². The maximum atomic E-state index is 14.1. The summed E-state index contributed by atoms with van der Waals surface area (Å²) in [4.78, 5) is 30.7. The lowest BCUT2D eigenvalue weighted by atomic mass is 9.94. The first-order chi connectivity index (χ1) is 19.9. The van der Waals surface area contributed by atoms with Gasteiger partial charge in [0.1, 0.15) is 24.1 Å². The molecule has 2 N–H and O–H groups in total. The van der Waals surface area contributed by atoms with Crippen molar-refractivity contribution in [1.82, 2.24) is 25.5 Å². The number of carbonyl (C=O) groups is 2. The molecular formula is C31H34N6O4. The highest BCUT2D eigenvalue weighted by Gasteiger charge is 2.34. The molecule has 1 atom stereocenters. The van der Waals surface area contributed by atoms with E-state index in [-0.39, 0.29) is 24.2 Å². The topological polar surface area (TPSA) is 122 Å². The van der Waals surface area contributed by atoms with Crippen LogP contribution in [0.3, 0.4) is 0 Å². The molecule has 0 spiro atoms. The van der Waals surface area contributed by atoms with Crippen molar-refractivity contribution in [2.45, 2.75) is 57.7 Å². The van der Waals surface area contributed by atoms with Crippen molar-refractivity contribution in [3.63, 3.8) is 0 Å². The van der Waals surface area contributed by atoms with E-state index >= 15 is 0 Å². The first-order valence-electron chi connectivity index (χ1n) is 13.8. The van der Waals surface area contributed by atoms with E-state index < -0.39 is 11.9 Å². The number of ether oxygens (including phenoxy) is 1. The number of aromatic hydroxyl groups is 1. The predicted octanol–water partition coefficient (Wildman–Crippen LogP) is 4.59. The van der Waals surface area contributed by atoms with Crippen molar-refractivity contribution in [2.24, 2.45) is 0 Å². The zero-order chi connectivity index (χ0) is 28.8. The van der Waals surface area contributed by atoms with Gasteiger partial charge in [0, 0.05) is 17.3 Å². The van der Waals surface area contributed by atoms with Gasteiger partial charge in [-0.1, -0.05) is 61.2 Å². The minimum atomic E-state index is -1.00. The second kappa shape index (κ2) is 12.6. The molecule has 41 heavy (non-hydrogen) atoms. The van der Waals surface area contributed by atoms with Gasteiger partial charge in [-0.25, -0.2) is 0 Å². The fourth-order valence-corrected chi connectivity index (χ4v) is 5.11. The van der Waals surface area contributed by atoms with Gasteiger partial charge in [0.2, 0.25) is 11.7 Å². The van der Waals surface area contributed by atoms with E-state index in [1.165, 1.54) is 21.8 Å². The summed E-state index contributed by atoms with van der Waals surface area (Å²) in [6.07, 6.45) is 5.05. The molecule has 212 valence electrons. The number of nitrogens with zero attached hydrogens (tertiary/aromatic N) is 5. The Kier molecular flexibility index (Phi) is 8.57. The maximum absolute atomic E-state index is 14.1. The number of amides is 2. The number of phenolic OH excluding ortho intramolecular Hbond substituents is 1. The van der Waals surface area contributed by atoms with Crippen LogP contribution < -0.4 is 15.0 Å². The molecule has 10 heteroatoms. The number of tetrazole rings is 1. The SMILES string of the molecule is COc1ccc(N(C(=O)Cn2nnc(-c3ccc(C)cc3)n2)[C@@H](C(=O)NC2CCCCC2)c2ccc(O)cc2)cc1. The van der Waals surface area contributed by atoms with Crippen molar-refractivity contribution in [3.05, 3.63) is 83.9 Å². The van der Waals surface area contributed by atoms with Crippen LogP contribution in [0, 0.1) is 6.92 Å². The number of benzene rings is 3. The molecule has 1 aliphatic carbocycles. The van der Waals surface area contributed by atoms with E-state index in [1.807, 2.05) is 31.2 Å². The number of hydrogen-bond donors (Lipinski definition) is 2. The molecular weight excluding hydrogens is 520 g/mol. The number of rotatable bonds is 9. The predicted molar refractivity (Wildman–Crippen MR) is 154 cm³/mol. The van der Waals surface area contributed by atoms with E-state index in [4.69, 9.17) is 4.74 Å². The molecule has 0 aliphatic heterocycles. The van der Waals surface area contributed by atoms with E-state index in [0.29, 0.717) is 22.8 Å². The van der Waals surface area contributed by atoms with Gasteiger partial charge >= 0.3 is 0 Å². The highest BCUT2D eigenvalue weighted by atomic mass is 16.5. The van der Waals surface area contributed by atoms with Crippen LogP contribution in [0.4, 0.5) is 5.69 Å². The molecule has 1 saturated carbocycles. The lowest BCUT2D eigenvalue weighted by Crippen LogP contribution is -2.48. The number of phenols is 1. The molecule has 1 fully saturated rings. The summed E-state index contributed by atoms with van der Waals surface area (Å²) < 4.78 is 5.32. The Morgan fingerprint density at radius 2 is 1.68 bits per heavy atom. The van der Waals surface area contributed by atoms with Gasteiger partial charge in [-0.15, -0.1) is 10.2 Å². The largest absolute Gasteiger partial charge is 0.508 e. The number of anilines is 1. The molecule has 0 radical (unpaired) electrons. The number of methoxy groups -OCH3 is 1. The Balaban J connectivity index is 1.50. The first-order valence-corrected chi connectivity index (χ1v) is 13.8. The zero-order valence-electron chi connectivity index (χ0n) is 23.2. The monoisotopic (exact) mass is 554 g/mol. The summed E-state index contributed by atoms with van der Waals surface area (Å²) in [6.45, 7) is 1.76. The third-order valence-corrected chi connectivity index (χ3v) is 7.33. The Morgan fingerprint density at radius 3 is 2.34 bits per heavy atom. The summed E-state index contributed by atoms with van der Waals surface area (Å²) in [5, 5.41) is 25.8. The van der Waals surface area contributed by atoms with Crippen LogP contribution in [0.25, 0.3) is 11.4 Å². The van der Waals surface area contributed by atoms with Gasteiger partial charge in [0.15, 0.2) is 0 Å². The van der Waals surface area contributed by atoms with E-state index in [9.17, 15) is 14.7 Å². The average molecular weight is 555 g/mol. The quantitative estimate of drug-likeness (QED) is 0.310. The Hall–Kier alpha value is -4.73. The van der Waals surface area contributed by atoms with Crippen molar-refractivity contribution in [1.29, 1.82) is 0 Å². The first kappa shape index (κ1) is 27.8. The average Bonchev–Trinajstić information content (AvgIpc) is 3.45. The van der Waals surface area contributed by atoms with Crippen LogP contribution in [-0.2, 0) is 16.1 Å². The minimum Gasteiger partial charge on any atom is -0.508 e. The number of carbonyl (C=O) groups excluding carboxylic acids is 2. The van der Waals surface area contributed by atoms with Gasteiger partial charge in [-0.3, -0.25) is 14.5 Å². The van der Waals surface area contributed by atoms with Gasteiger partial charge in [0.25, 0.3) is 5.91 Å². The second-order valence-corrected chi connectivity index (χ2v) is 10.3. The molecule has 3 aromatic carbocycles. The van der Waals surface area contributed by atoms with Crippen LogP contribution in [0.1, 0.15) is 49.3 Å². The van der Waals surface area contributed by atoms with Crippen molar-refractivity contribution in [3.8, 4) is 22.9 Å². The Labute approximate surface area is 239 Å². The fraction of sp³-hybridized carbons (Fsp3) is 0.323. The third-order valence-electron chi connectivity index (χ3n) is 7.33. The standard InChI is InChI=1S/C31H34N6O4/c1-21-8-10-23(11-9-21)30-33-35-36(34-30)20-28(39)37(25-14-18-27(41-2)19-15-25)29(22-12-16-26(38)17-13-22)31(40)32-24-6-4-3-5-7-24/h8-19,24,29,38H,3-7,20H2,1-2H3,(H,32,40)/t29-/m1/s1. The van der Waals surface area contributed by atoms with Crippen LogP contribution in [-0.4, -0.2) is 50.3 Å². The number of aryl methyl sites for hydroxylation is 1. The van der Waals surface area contributed by atoms with Crippen molar-refractivity contribution < 1.29 is 19.4 Å². The van der Waals surface area contributed by atoms with Crippen molar-refractivity contribution >= 4 is 17.5 Å². The second-order valence-electron chi connectivity index (χ2n) is 10.3. The number of nitrogens with one attached hydrogen (secondary N) is 1. The molecule has 10 nitrogen and oxygen atoms in total. The summed E-state index contributed by atoms with van der Waals surface area (Å²) in [5.41, 5.74) is 2.96. The maximum Gasteiger partial charge on any atom is 0.251 e. The highest BCUT2D eigenvalue weighted by molar-refractivity contribution is 6.01. The van der Waals surface area contributed by atoms with Crippen LogP contribution >= 0.6 is 0 Å². The molecule has 0 unspecified atom stereocenters. The lowest BCUT2D eigenvalue weighted by Gasteiger charge is -2.33. The molecule has 4 aromatic rings. The van der Waals surface area contributed by atoms with Crippen molar-refractivity contribution in [2.75, 3.05) is 12.0 Å². The minimum absolute atomic E-state index is 0.0396. The molecule has 1 aliphatic rings. The molecule has 1 aromatic heterocycles. The smallest absolute Gasteiger partial charge is 0.251 e. The fourth-order valence-electron chi connectivity index (χ4n) is 5.11. The normalized spacial score (nSPS) is 14.3. The molecule has 0 bridgehead atoms. The highest BCUT2D eigenvalue weighted by Crippen LogP contribution is 2.31. The summed E-state index contributed by atoms with van der Waals surface area (Å²) in [6, 6.07) is 20.1. The van der Waals surface area contributed by atoms with Gasteiger partial charge in [-0.2, -0.15) is 4.80 Å². The zero-order valence-corrected chi connectivity index (χ0v) is 23.2. The van der Waals surface area contributed by atoms with Gasteiger partial charge in [0.05, 0.1) is 7.11 Å². The van der Waals surface area contributed by atoms with Crippen LogP contribution in [0.2, 0.25) is 0 Å². The molecule has 2 amide bonds. The molecule has 5 rings (SSSR count).